The highest BCUT2D eigenvalue weighted by Gasteiger charge is 2.07. The van der Waals surface area contributed by atoms with Gasteiger partial charge in [-0.05, 0) is 24.3 Å². The lowest BCUT2D eigenvalue weighted by Gasteiger charge is -2.14. The average Bonchev–Trinajstić information content (AvgIpc) is 2.62. The Hall–Kier alpha value is -3.12. The van der Waals surface area contributed by atoms with Crippen LogP contribution in [0.1, 0.15) is 12.0 Å². The topological polar surface area (TPSA) is 37.8 Å². The van der Waals surface area contributed by atoms with Crippen LogP contribution in [-0.4, -0.2) is 16.0 Å². The molecule has 0 fully saturated rings. The first-order valence-corrected chi connectivity index (χ1v) is 7.49. The Balaban J connectivity index is 1.74. The van der Waals surface area contributed by atoms with Gasteiger partial charge in [0.2, 0.25) is 0 Å². The highest BCUT2D eigenvalue weighted by molar-refractivity contribution is 5.88. The molecule has 0 aliphatic carbocycles. The maximum absolute atomic E-state index is 4.34. The first kappa shape index (κ1) is 14.8. The molecule has 3 aromatic rings. The smallest absolute Gasteiger partial charge is 0.137 e. The molecule has 0 amide bonds. The Morgan fingerprint density at radius 3 is 2.65 bits per heavy atom. The number of hydrogen-bond donors (Lipinski definition) is 1. The SMILES string of the molecule is C=CC(CC#Cc1ccccc1)Nc1ncnc2ccccc12. The number of benzene rings is 2. The second kappa shape index (κ2) is 7.24. The minimum absolute atomic E-state index is 0.0320. The van der Waals surface area contributed by atoms with E-state index in [1.165, 1.54) is 0 Å². The molecule has 112 valence electrons. The van der Waals surface area contributed by atoms with Gasteiger partial charge in [-0.3, -0.25) is 0 Å². The van der Waals surface area contributed by atoms with Crippen molar-refractivity contribution in [2.45, 2.75) is 12.5 Å². The number of rotatable bonds is 4. The molecule has 0 saturated heterocycles. The van der Waals surface area contributed by atoms with E-state index in [9.17, 15) is 0 Å². The molecule has 0 aliphatic rings. The van der Waals surface area contributed by atoms with Crippen LogP contribution in [0.4, 0.5) is 5.82 Å². The zero-order valence-electron chi connectivity index (χ0n) is 12.7. The van der Waals surface area contributed by atoms with E-state index >= 15 is 0 Å². The summed E-state index contributed by atoms with van der Waals surface area (Å²) in [6.45, 7) is 3.89. The van der Waals surface area contributed by atoms with Crippen LogP contribution in [0.5, 0.6) is 0 Å². The van der Waals surface area contributed by atoms with Gasteiger partial charge in [0.1, 0.15) is 12.1 Å². The normalized spacial score (nSPS) is 11.3. The fourth-order valence-corrected chi connectivity index (χ4v) is 2.27. The average molecular weight is 299 g/mol. The molecule has 0 radical (unpaired) electrons. The van der Waals surface area contributed by atoms with Gasteiger partial charge in [0.05, 0.1) is 11.6 Å². The molecular weight excluding hydrogens is 282 g/mol. The fraction of sp³-hybridized carbons (Fsp3) is 0.100. The minimum Gasteiger partial charge on any atom is -0.362 e. The minimum atomic E-state index is 0.0320. The molecule has 1 unspecified atom stereocenters. The molecule has 0 aliphatic heterocycles. The van der Waals surface area contributed by atoms with Crippen molar-refractivity contribution in [3.05, 3.63) is 79.1 Å². The quantitative estimate of drug-likeness (QED) is 0.583. The maximum atomic E-state index is 4.34. The number of nitrogens with zero attached hydrogens (tertiary/aromatic N) is 2. The molecule has 3 rings (SSSR count). The first-order chi connectivity index (χ1) is 11.4. The van der Waals surface area contributed by atoms with E-state index < -0.39 is 0 Å². The van der Waals surface area contributed by atoms with E-state index in [1.807, 2.05) is 60.7 Å². The Morgan fingerprint density at radius 1 is 1.04 bits per heavy atom. The zero-order valence-corrected chi connectivity index (χ0v) is 12.7. The van der Waals surface area contributed by atoms with Gasteiger partial charge in [0.25, 0.3) is 0 Å². The molecule has 1 atom stereocenters. The lowest BCUT2D eigenvalue weighted by molar-refractivity contribution is 0.906. The van der Waals surface area contributed by atoms with Crippen LogP contribution in [0.15, 0.2) is 73.6 Å². The van der Waals surface area contributed by atoms with Gasteiger partial charge in [-0.15, -0.1) is 6.58 Å². The standard InChI is InChI=1S/C20H17N3/c1-2-17(12-8-11-16-9-4-3-5-10-16)23-20-18-13-6-7-14-19(18)21-15-22-20/h2-7,9-10,13-15,17H,1,12H2,(H,21,22,23). The summed E-state index contributed by atoms with van der Waals surface area (Å²) in [5.41, 5.74) is 1.94. The van der Waals surface area contributed by atoms with E-state index in [2.05, 4.69) is 33.7 Å². The molecule has 1 heterocycles. The van der Waals surface area contributed by atoms with E-state index in [-0.39, 0.29) is 6.04 Å². The van der Waals surface area contributed by atoms with Crippen LogP contribution >= 0.6 is 0 Å². The molecule has 1 aromatic heterocycles. The van der Waals surface area contributed by atoms with Crippen molar-refractivity contribution in [1.29, 1.82) is 0 Å². The monoisotopic (exact) mass is 299 g/mol. The van der Waals surface area contributed by atoms with Crippen LogP contribution in [-0.2, 0) is 0 Å². The Morgan fingerprint density at radius 2 is 1.83 bits per heavy atom. The molecule has 3 nitrogen and oxygen atoms in total. The number of fused-ring (bicyclic) bond motifs is 1. The van der Waals surface area contributed by atoms with Crippen LogP contribution in [0.25, 0.3) is 10.9 Å². The molecule has 2 aromatic carbocycles. The third-order valence-corrected chi connectivity index (χ3v) is 3.48. The second-order valence-corrected chi connectivity index (χ2v) is 5.10. The highest BCUT2D eigenvalue weighted by Crippen LogP contribution is 2.19. The summed E-state index contributed by atoms with van der Waals surface area (Å²) in [7, 11) is 0. The first-order valence-electron chi connectivity index (χ1n) is 7.49. The molecular formula is C20H17N3. The summed E-state index contributed by atoms with van der Waals surface area (Å²) in [5, 5.41) is 4.38. The lowest BCUT2D eigenvalue weighted by Crippen LogP contribution is -2.16. The summed E-state index contributed by atoms with van der Waals surface area (Å²) >= 11 is 0. The van der Waals surface area contributed by atoms with E-state index in [1.54, 1.807) is 6.33 Å². The molecule has 0 bridgehead atoms. The number of aromatic nitrogens is 2. The summed E-state index contributed by atoms with van der Waals surface area (Å²) in [5.74, 6) is 7.16. The van der Waals surface area contributed by atoms with Gasteiger partial charge >= 0.3 is 0 Å². The summed E-state index contributed by atoms with van der Waals surface area (Å²) in [6, 6.07) is 17.9. The largest absolute Gasteiger partial charge is 0.362 e. The van der Waals surface area contributed by atoms with Gasteiger partial charge in [-0.2, -0.15) is 0 Å². The van der Waals surface area contributed by atoms with Gasteiger partial charge < -0.3 is 5.32 Å². The van der Waals surface area contributed by atoms with Crippen molar-refractivity contribution in [2.75, 3.05) is 5.32 Å². The molecule has 23 heavy (non-hydrogen) atoms. The highest BCUT2D eigenvalue weighted by atomic mass is 15.0. The van der Waals surface area contributed by atoms with Crippen LogP contribution < -0.4 is 5.32 Å². The number of para-hydroxylation sites is 1. The predicted molar refractivity (Wildman–Crippen MR) is 95.1 cm³/mol. The van der Waals surface area contributed by atoms with Gasteiger partial charge in [-0.1, -0.05) is 48.2 Å². The fourth-order valence-electron chi connectivity index (χ4n) is 2.27. The van der Waals surface area contributed by atoms with Gasteiger partial charge in [0, 0.05) is 17.4 Å². The summed E-state index contributed by atoms with van der Waals surface area (Å²) in [6.07, 6.45) is 4.09. The van der Waals surface area contributed by atoms with Gasteiger partial charge in [-0.25, -0.2) is 9.97 Å². The third kappa shape index (κ3) is 3.75. The van der Waals surface area contributed by atoms with Crippen molar-refractivity contribution >= 4 is 16.7 Å². The van der Waals surface area contributed by atoms with E-state index in [0.717, 1.165) is 22.3 Å². The molecule has 1 N–H and O–H groups in total. The molecule has 0 spiro atoms. The van der Waals surface area contributed by atoms with Crippen LogP contribution in [0.2, 0.25) is 0 Å². The molecule has 3 heteroatoms. The zero-order chi connectivity index (χ0) is 15.9. The summed E-state index contributed by atoms with van der Waals surface area (Å²) in [4.78, 5) is 8.61. The Labute approximate surface area is 136 Å². The van der Waals surface area contributed by atoms with Crippen molar-refractivity contribution in [1.82, 2.24) is 9.97 Å². The van der Waals surface area contributed by atoms with Crippen LogP contribution in [0.3, 0.4) is 0 Å². The lowest BCUT2D eigenvalue weighted by atomic mass is 10.1. The van der Waals surface area contributed by atoms with E-state index in [4.69, 9.17) is 0 Å². The number of hydrogen-bond acceptors (Lipinski definition) is 3. The Bertz CT molecular complexity index is 855. The van der Waals surface area contributed by atoms with Crippen molar-refractivity contribution in [2.24, 2.45) is 0 Å². The number of nitrogens with one attached hydrogen (secondary N) is 1. The van der Waals surface area contributed by atoms with Gasteiger partial charge in [0.15, 0.2) is 0 Å². The third-order valence-electron chi connectivity index (χ3n) is 3.48. The summed E-state index contributed by atoms with van der Waals surface area (Å²) < 4.78 is 0. The molecule has 0 saturated carbocycles. The van der Waals surface area contributed by atoms with Crippen molar-refractivity contribution in [3.63, 3.8) is 0 Å². The van der Waals surface area contributed by atoms with E-state index in [0.29, 0.717) is 6.42 Å². The maximum Gasteiger partial charge on any atom is 0.137 e. The predicted octanol–water partition coefficient (Wildman–Crippen LogP) is 4.04. The number of anilines is 1. The Kier molecular flexibility index (Phi) is 4.66. The van der Waals surface area contributed by atoms with Crippen LogP contribution in [0, 0.1) is 11.8 Å². The van der Waals surface area contributed by atoms with Crippen molar-refractivity contribution < 1.29 is 0 Å². The second-order valence-electron chi connectivity index (χ2n) is 5.10. The van der Waals surface area contributed by atoms with Crippen molar-refractivity contribution in [3.8, 4) is 11.8 Å².